The van der Waals surface area contributed by atoms with Crippen molar-refractivity contribution in [2.24, 2.45) is 7.05 Å². The number of aryl methyl sites for hydroxylation is 2. The minimum atomic E-state index is 0.832. The normalized spacial score (nSPS) is 10.7. The molecule has 19 heavy (non-hydrogen) atoms. The number of hydrogen-bond acceptors (Lipinski definition) is 3. The van der Waals surface area contributed by atoms with Gasteiger partial charge in [0, 0.05) is 35.9 Å². The monoisotopic (exact) mass is 275 g/mol. The van der Waals surface area contributed by atoms with Crippen molar-refractivity contribution < 1.29 is 0 Å². The molecule has 0 spiro atoms. The Morgan fingerprint density at radius 2 is 2.05 bits per heavy atom. The summed E-state index contributed by atoms with van der Waals surface area (Å²) in [5, 5.41) is 8.00. The second-order valence-corrected chi connectivity index (χ2v) is 5.72. The van der Waals surface area contributed by atoms with E-state index in [0.29, 0.717) is 0 Å². The van der Waals surface area contributed by atoms with Crippen LogP contribution in [-0.4, -0.2) is 15.5 Å². The van der Waals surface area contributed by atoms with Crippen LogP contribution < -0.4 is 5.32 Å². The summed E-state index contributed by atoms with van der Waals surface area (Å²) in [6.07, 6.45) is 3.07. The molecule has 1 heterocycles. The topological polar surface area (TPSA) is 29.9 Å². The van der Waals surface area contributed by atoms with E-state index in [9.17, 15) is 0 Å². The van der Waals surface area contributed by atoms with Crippen LogP contribution in [0.4, 0.5) is 5.69 Å². The van der Waals surface area contributed by atoms with Crippen LogP contribution >= 0.6 is 11.8 Å². The minimum Gasteiger partial charge on any atom is -0.380 e. The van der Waals surface area contributed by atoms with Gasteiger partial charge in [0.1, 0.15) is 0 Å². The second kappa shape index (κ2) is 6.66. The number of benzene rings is 1. The molecule has 0 unspecified atom stereocenters. The van der Waals surface area contributed by atoms with Crippen molar-refractivity contribution in [3.05, 3.63) is 41.7 Å². The van der Waals surface area contributed by atoms with Crippen LogP contribution in [0.5, 0.6) is 0 Å². The van der Waals surface area contributed by atoms with E-state index < -0.39 is 0 Å². The molecule has 0 radical (unpaired) electrons. The van der Waals surface area contributed by atoms with Crippen molar-refractivity contribution >= 4 is 17.4 Å². The highest BCUT2D eigenvalue weighted by Crippen LogP contribution is 2.27. The first kappa shape index (κ1) is 14.0. The summed E-state index contributed by atoms with van der Waals surface area (Å²) in [5.74, 6) is 1.09. The van der Waals surface area contributed by atoms with Gasteiger partial charge in [-0.05, 0) is 24.3 Å². The summed E-state index contributed by atoms with van der Waals surface area (Å²) in [6, 6.07) is 8.47. The molecule has 4 heteroatoms. The van der Waals surface area contributed by atoms with Gasteiger partial charge in [0.25, 0.3) is 0 Å². The van der Waals surface area contributed by atoms with Crippen molar-refractivity contribution in [3.8, 4) is 0 Å². The Morgan fingerprint density at radius 1 is 1.26 bits per heavy atom. The van der Waals surface area contributed by atoms with Crippen LogP contribution in [0.15, 0.2) is 35.4 Å². The number of nitrogens with one attached hydrogen (secondary N) is 1. The SMILES string of the molecule is CCSc1ccccc1NCc1cn(C)nc1CC. The van der Waals surface area contributed by atoms with Gasteiger partial charge in [-0.2, -0.15) is 5.10 Å². The highest BCUT2D eigenvalue weighted by Gasteiger charge is 2.07. The number of rotatable bonds is 6. The predicted octanol–water partition coefficient (Wildman–Crippen LogP) is 3.71. The first-order chi connectivity index (χ1) is 9.24. The van der Waals surface area contributed by atoms with Crippen LogP contribution in [-0.2, 0) is 20.0 Å². The van der Waals surface area contributed by atoms with Gasteiger partial charge in [0.2, 0.25) is 0 Å². The highest BCUT2D eigenvalue weighted by molar-refractivity contribution is 7.99. The maximum atomic E-state index is 4.47. The van der Waals surface area contributed by atoms with Crippen molar-refractivity contribution in [3.63, 3.8) is 0 Å². The number of hydrogen-bond donors (Lipinski definition) is 1. The second-order valence-electron chi connectivity index (χ2n) is 4.41. The Labute approximate surface area is 119 Å². The Morgan fingerprint density at radius 3 is 2.79 bits per heavy atom. The maximum absolute atomic E-state index is 4.47. The van der Waals surface area contributed by atoms with E-state index in [1.807, 2.05) is 23.5 Å². The summed E-state index contributed by atoms with van der Waals surface area (Å²) < 4.78 is 1.89. The van der Waals surface area contributed by atoms with Crippen molar-refractivity contribution in [2.45, 2.75) is 31.7 Å². The molecular formula is C15H21N3S. The van der Waals surface area contributed by atoms with Crippen LogP contribution in [0, 0.1) is 0 Å². The molecule has 2 rings (SSSR count). The van der Waals surface area contributed by atoms with E-state index in [-0.39, 0.29) is 0 Å². The van der Waals surface area contributed by atoms with Gasteiger partial charge in [-0.15, -0.1) is 11.8 Å². The first-order valence-electron chi connectivity index (χ1n) is 6.71. The molecule has 0 fully saturated rings. The maximum Gasteiger partial charge on any atom is 0.0671 e. The summed E-state index contributed by atoms with van der Waals surface area (Å²) >= 11 is 1.87. The van der Waals surface area contributed by atoms with Gasteiger partial charge in [-0.25, -0.2) is 0 Å². The predicted molar refractivity (Wildman–Crippen MR) is 82.8 cm³/mol. The highest BCUT2D eigenvalue weighted by atomic mass is 32.2. The molecule has 1 N–H and O–H groups in total. The zero-order valence-electron chi connectivity index (χ0n) is 11.8. The zero-order valence-corrected chi connectivity index (χ0v) is 12.6. The van der Waals surface area contributed by atoms with Gasteiger partial charge < -0.3 is 5.32 Å². The lowest BCUT2D eigenvalue weighted by atomic mass is 10.2. The van der Waals surface area contributed by atoms with Crippen molar-refractivity contribution in [1.82, 2.24) is 9.78 Å². The average molecular weight is 275 g/mol. The molecule has 0 aliphatic rings. The fourth-order valence-corrected chi connectivity index (χ4v) is 2.89. The summed E-state index contributed by atoms with van der Waals surface area (Å²) in [6.45, 7) is 5.16. The van der Waals surface area contributed by atoms with Gasteiger partial charge >= 0.3 is 0 Å². The van der Waals surface area contributed by atoms with Gasteiger partial charge in [0.05, 0.1) is 5.69 Å². The quantitative estimate of drug-likeness (QED) is 0.815. The molecule has 1 aromatic carbocycles. The van der Waals surface area contributed by atoms with Gasteiger partial charge in [-0.1, -0.05) is 26.0 Å². The number of thioether (sulfide) groups is 1. The lowest BCUT2D eigenvalue weighted by molar-refractivity contribution is 0.746. The molecular weight excluding hydrogens is 254 g/mol. The molecule has 102 valence electrons. The molecule has 0 saturated heterocycles. The van der Waals surface area contributed by atoms with Crippen molar-refractivity contribution in [2.75, 3.05) is 11.1 Å². The standard InChI is InChI=1S/C15H21N3S/c1-4-13-12(11-18(3)17-13)10-16-14-8-6-7-9-15(14)19-5-2/h6-9,11,16H,4-5,10H2,1-3H3. The first-order valence-corrected chi connectivity index (χ1v) is 7.70. The zero-order chi connectivity index (χ0) is 13.7. The van der Waals surface area contributed by atoms with E-state index in [0.717, 1.165) is 18.7 Å². The van der Waals surface area contributed by atoms with E-state index in [1.54, 1.807) is 0 Å². The Kier molecular flexibility index (Phi) is 4.91. The molecule has 2 aromatic rings. The molecule has 3 nitrogen and oxygen atoms in total. The van der Waals surface area contributed by atoms with Crippen LogP contribution in [0.3, 0.4) is 0 Å². The van der Waals surface area contributed by atoms with E-state index >= 15 is 0 Å². The molecule has 0 aliphatic carbocycles. The number of aromatic nitrogens is 2. The molecule has 0 saturated carbocycles. The summed E-state index contributed by atoms with van der Waals surface area (Å²) in [5.41, 5.74) is 3.66. The number of anilines is 1. The largest absolute Gasteiger partial charge is 0.380 e. The third-order valence-corrected chi connectivity index (χ3v) is 3.94. The van der Waals surface area contributed by atoms with Gasteiger partial charge in [0.15, 0.2) is 0 Å². The van der Waals surface area contributed by atoms with E-state index in [2.05, 4.69) is 54.7 Å². The molecule has 0 bridgehead atoms. The fourth-order valence-electron chi connectivity index (χ4n) is 2.11. The third-order valence-electron chi connectivity index (χ3n) is 2.98. The molecule has 0 aliphatic heterocycles. The Bertz CT molecular complexity index is 534. The number of nitrogens with zero attached hydrogens (tertiary/aromatic N) is 2. The number of para-hydroxylation sites is 1. The molecule has 0 amide bonds. The lowest BCUT2D eigenvalue weighted by Gasteiger charge is -2.10. The van der Waals surface area contributed by atoms with E-state index in [1.165, 1.54) is 21.8 Å². The Balaban J connectivity index is 2.09. The van der Waals surface area contributed by atoms with Crippen LogP contribution in [0.25, 0.3) is 0 Å². The minimum absolute atomic E-state index is 0.832. The third kappa shape index (κ3) is 3.53. The summed E-state index contributed by atoms with van der Waals surface area (Å²) in [4.78, 5) is 1.31. The smallest absolute Gasteiger partial charge is 0.0671 e. The average Bonchev–Trinajstić information content (AvgIpc) is 2.78. The fraction of sp³-hybridized carbons (Fsp3) is 0.400. The van der Waals surface area contributed by atoms with Crippen LogP contribution in [0.2, 0.25) is 0 Å². The summed E-state index contributed by atoms with van der Waals surface area (Å²) in [7, 11) is 1.98. The molecule has 0 atom stereocenters. The van der Waals surface area contributed by atoms with Crippen LogP contribution in [0.1, 0.15) is 25.1 Å². The molecule has 1 aromatic heterocycles. The Hall–Kier alpha value is -1.42. The van der Waals surface area contributed by atoms with Gasteiger partial charge in [-0.3, -0.25) is 4.68 Å². The van der Waals surface area contributed by atoms with Crippen molar-refractivity contribution in [1.29, 1.82) is 0 Å². The lowest BCUT2D eigenvalue weighted by Crippen LogP contribution is -2.02. The van der Waals surface area contributed by atoms with E-state index in [4.69, 9.17) is 0 Å².